The summed E-state index contributed by atoms with van der Waals surface area (Å²) in [5.41, 5.74) is 1.38. The molecule has 17 heavy (non-hydrogen) atoms. The normalized spacial score (nSPS) is 14.4. The molecule has 0 aliphatic rings. The number of halogens is 1. The number of nitrogens with one attached hydrogen (secondary N) is 1. The largest absolute Gasteiger partial charge is 0.347 e. The number of nitrogens with zero attached hydrogens (tertiary/aromatic N) is 2. The van der Waals surface area contributed by atoms with Gasteiger partial charge in [0, 0.05) is 23.6 Å². The van der Waals surface area contributed by atoms with Crippen molar-refractivity contribution in [3.05, 3.63) is 17.5 Å². The van der Waals surface area contributed by atoms with Crippen molar-refractivity contribution in [3.63, 3.8) is 0 Å². The molecule has 0 bridgehead atoms. The van der Waals surface area contributed by atoms with Crippen molar-refractivity contribution in [3.8, 4) is 0 Å². The van der Waals surface area contributed by atoms with Crippen LogP contribution in [0.25, 0.3) is 0 Å². The van der Waals surface area contributed by atoms with E-state index in [0.717, 1.165) is 23.9 Å². The summed E-state index contributed by atoms with van der Waals surface area (Å²) in [5.74, 6) is -0.0408. The number of rotatable bonds is 5. The van der Waals surface area contributed by atoms with E-state index < -0.39 is 0 Å². The zero-order valence-corrected chi connectivity index (χ0v) is 12.5. The van der Waals surface area contributed by atoms with Crippen LogP contribution >= 0.6 is 15.9 Å². The zero-order chi connectivity index (χ0) is 13.1. The lowest BCUT2D eigenvalue weighted by Crippen LogP contribution is -2.45. The van der Waals surface area contributed by atoms with Crippen LogP contribution in [0.3, 0.4) is 0 Å². The Hall–Kier alpha value is -0.840. The molecule has 1 rings (SSSR count). The molecule has 0 saturated carbocycles. The van der Waals surface area contributed by atoms with Crippen LogP contribution in [0.1, 0.15) is 42.7 Å². The van der Waals surface area contributed by atoms with Crippen molar-refractivity contribution >= 4 is 21.8 Å². The highest BCUT2D eigenvalue weighted by molar-refractivity contribution is 9.09. The quantitative estimate of drug-likeness (QED) is 0.849. The van der Waals surface area contributed by atoms with Gasteiger partial charge in [-0.3, -0.25) is 9.48 Å². The Kier molecular flexibility index (Phi) is 4.74. The molecule has 4 nitrogen and oxygen atoms in total. The molecule has 1 heterocycles. The van der Waals surface area contributed by atoms with Gasteiger partial charge in [0.2, 0.25) is 0 Å². The molecule has 1 aromatic heterocycles. The van der Waals surface area contributed by atoms with Gasteiger partial charge in [-0.05, 0) is 26.7 Å². The average molecular weight is 302 g/mol. The van der Waals surface area contributed by atoms with Gasteiger partial charge in [0.05, 0.1) is 11.8 Å². The fourth-order valence-electron chi connectivity index (χ4n) is 1.60. The van der Waals surface area contributed by atoms with Gasteiger partial charge in [-0.25, -0.2) is 0 Å². The summed E-state index contributed by atoms with van der Waals surface area (Å²) >= 11 is 3.42. The molecule has 0 radical (unpaired) electrons. The summed E-state index contributed by atoms with van der Waals surface area (Å²) in [7, 11) is 1.84. The van der Waals surface area contributed by atoms with Crippen molar-refractivity contribution in [2.75, 3.05) is 5.33 Å². The van der Waals surface area contributed by atoms with E-state index in [1.165, 1.54) is 0 Å². The Morgan fingerprint density at radius 3 is 2.71 bits per heavy atom. The Morgan fingerprint density at radius 2 is 2.29 bits per heavy atom. The van der Waals surface area contributed by atoms with Crippen molar-refractivity contribution in [1.29, 1.82) is 0 Å². The highest BCUT2D eigenvalue weighted by Gasteiger charge is 2.25. The van der Waals surface area contributed by atoms with Gasteiger partial charge in [-0.15, -0.1) is 0 Å². The third kappa shape index (κ3) is 3.31. The first-order valence-corrected chi connectivity index (χ1v) is 6.92. The molecule has 5 heteroatoms. The van der Waals surface area contributed by atoms with Crippen molar-refractivity contribution in [2.45, 2.75) is 39.2 Å². The predicted octanol–water partition coefficient (Wildman–Crippen LogP) is 2.41. The summed E-state index contributed by atoms with van der Waals surface area (Å²) in [6.45, 7) is 6.05. The Balaban J connectivity index is 2.81. The fraction of sp³-hybridized carbons (Fsp3) is 0.667. The molecule has 0 aromatic carbocycles. The van der Waals surface area contributed by atoms with E-state index in [0.29, 0.717) is 5.56 Å². The predicted molar refractivity (Wildman–Crippen MR) is 72.5 cm³/mol. The first-order chi connectivity index (χ1) is 7.93. The molecular formula is C12H20BrN3O. The number of alkyl halides is 1. The topological polar surface area (TPSA) is 46.9 Å². The maximum Gasteiger partial charge on any atom is 0.255 e. The second kappa shape index (κ2) is 5.67. The Labute approximate surface area is 111 Å². The first-order valence-electron chi connectivity index (χ1n) is 5.80. The lowest BCUT2D eigenvalue weighted by atomic mass is 9.95. The zero-order valence-electron chi connectivity index (χ0n) is 10.9. The van der Waals surface area contributed by atoms with Gasteiger partial charge in [0.25, 0.3) is 5.91 Å². The summed E-state index contributed by atoms with van der Waals surface area (Å²) in [5, 5.41) is 8.06. The maximum atomic E-state index is 12.1. The third-order valence-corrected chi connectivity index (χ3v) is 3.72. The highest BCUT2D eigenvalue weighted by atomic mass is 79.9. The van der Waals surface area contributed by atoms with Gasteiger partial charge < -0.3 is 5.32 Å². The monoisotopic (exact) mass is 301 g/mol. The number of carbonyl (C=O) groups is 1. The van der Waals surface area contributed by atoms with Gasteiger partial charge in [-0.1, -0.05) is 22.9 Å². The Bertz CT molecular complexity index is 402. The third-order valence-electron chi connectivity index (χ3n) is 3.32. The molecule has 96 valence electrons. The lowest BCUT2D eigenvalue weighted by molar-refractivity contribution is 0.0901. The molecular weight excluding hydrogens is 282 g/mol. The molecule has 1 aromatic rings. The lowest BCUT2D eigenvalue weighted by Gasteiger charge is -2.29. The van der Waals surface area contributed by atoms with Gasteiger partial charge in [0.15, 0.2) is 0 Å². The summed E-state index contributed by atoms with van der Waals surface area (Å²) < 4.78 is 1.71. The molecule has 1 amide bonds. The van der Waals surface area contributed by atoms with Crippen LogP contribution in [0.2, 0.25) is 0 Å². The average Bonchev–Trinajstić information content (AvgIpc) is 2.60. The van der Waals surface area contributed by atoms with Gasteiger partial charge in [0.1, 0.15) is 0 Å². The second-order valence-corrected chi connectivity index (χ2v) is 5.37. The van der Waals surface area contributed by atoms with E-state index in [1.54, 1.807) is 10.9 Å². The van der Waals surface area contributed by atoms with E-state index in [1.807, 2.05) is 14.0 Å². The van der Waals surface area contributed by atoms with Crippen molar-refractivity contribution in [1.82, 2.24) is 15.1 Å². The standard InChI is InChI=1S/C12H20BrN3O/c1-5-12(3,6-7-13)15-11(17)10-8-14-16(4)9(10)2/h8H,5-7H2,1-4H3,(H,15,17). The molecule has 1 unspecified atom stereocenters. The number of carbonyl (C=O) groups excluding carboxylic acids is 1. The highest BCUT2D eigenvalue weighted by Crippen LogP contribution is 2.17. The van der Waals surface area contributed by atoms with Crippen LogP contribution in [0, 0.1) is 6.92 Å². The molecule has 1 atom stereocenters. The van der Waals surface area contributed by atoms with Gasteiger partial charge >= 0.3 is 0 Å². The number of amides is 1. The van der Waals surface area contributed by atoms with E-state index >= 15 is 0 Å². The molecule has 1 N–H and O–H groups in total. The fourth-order valence-corrected chi connectivity index (χ4v) is 2.47. The molecule has 0 aliphatic carbocycles. The van der Waals surface area contributed by atoms with Crippen LogP contribution < -0.4 is 5.32 Å². The van der Waals surface area contributed by atoms with E-state index in [2.05, 4.69) is 40.2 Å². The minimum atomic E-state index is -0.164. The summed E-state index contributed by atoms with van der Waals surface area (Å²) in [6, 6.07) is 0. The van der Waals surface area contributed by atoms with Crippen LogP contribution in [0.4, 0.5) is 0 Å². The molecule has 0 spiro atoms. The van der Waals surface area contributed by atoms with Gasteiger partial charge in [-0.2, -0.15) is 5.10 Å². The number of aromatic nitrogens is 2. The smallest absolute Gasteiger partial charge is 0.255 e. The van der Waals surface area contributed by atoms with Crippen LogP contribution in [0.15, 0.2) is 6.20 Å². The van der Waals surface area contributed by atoms with Crippen molar-refractivity contribution < 1.29 is 4.79 Å². The number of hydrogen-bond donors (Lipinski definition) is 1. The number of hydrogen-bond acceptors (Lipinski definition) is 2. The SMILES string of the molecule is CCC(C)(CCBr)NC(=O)c1cnn(C)c1C. The summed E-state index contributed by atoms with van der Waals surface area (Å²) in [4.78, 5) is 12.1. The van der Waals surface area contributed by atoms with Crippen LogP contribution in [-0.4, -0.2) is 26.6 Å². The summed E-state index contributed by atoms with van der Waals surface area (Å²) in [6.07, 6.45) is 3.44. The van der Waals surface area contributed by atoms with E-state index in [9.17, 15) is 4.79 Å². The van der Waals surface area contributed by atoms with E-state index in [4.69, 9.17) is 0 Å². The van der Waals surface area contributed by atoms with E-state index in [-0.39, 0.29) is 11.4 Å². The molecule has 0 fully saturated rings. The Morgan fingerprint density at radius 1 is 1.65 bits per heavy atom. The second-order valence-electron chi connectivity index (χ2n) is 4.57. The first kappa shape index (κ1) is 14.2. The minimum absolute atomic E-state index is 0.0408. The minimum Gasteiger partial charge on any atom is -0.347 e. The van der Waals surface area contributed by atoms with Crippen LogP contribution in [0.5, 0.6) is 0 Å². The van der Waals surface area contributed by atoms with Crippen LogP contribution in [-0.2, 0) is 7.05 Å². The van der Waals surface area contributed by atoms with Crippen molar-refractivity contribution in [2.24, 2.45) is 7.05 Å². The molecule has 0 aliphatic heterocycles. The maximum absolute atomic E-state index is 12.1. The molecule has 0 saturated heterocycles. The number of aryl methyl sites for hydroxylation is 1.